The van der Waals surface area contributed by atoms with E-state index >= 15 is 0 Å². The smallest absolute Gasteiger partial charge is 0.237 e. The molecule has 38 heavy (non-hydrogen) atoms. The molecule has 5 saturated heterocycles. The molecule has 7 rings (SSSR count). The summed E-state index contributed by atoms with van der Waals surface area (Å²) in [6.45, 7) is 4.91. The topological polar surface area (TPSA) is 96.2 Å². The van der Waals surface area contributed by atoms with Crippen molar-refractivity contribution in [3.05, 3.63) is 0 Å². The maximum Gasteiger partial charge on any atom is 0.237 e. The number of rotatable bonds is 7. The molecule has 2 aliphatic carbocycles. The molecule has 7 aliphatic rings. The van der Waals surface area contributed by atoms with Crippen LogP contribution in [-0.2, 0) is 9.53 Å². The molecule has 0 radical (unpaired) electrons. The van der Waals surface area contributed by atoms with E-state index in [2.05, 4.69) is 55.6 Å². The normalized spacial score (nSPS) is 44.2. The molecule has 214 valence electrons. The number of carbonyl (C=O) groups excluding carboxylic acids is 1. The van der Waals surface area contributed by atoms with Crippen molar-refractivity contribution in [2.24, 2.45) is 17.3 Å². The molecule has 5 aliphatic heterocycles. The Labute approximate surface area is 228 Å². The number of fused-ring (bicyclic) bond motifs is 2. The van der Waals surface area contributed by atoms with Crippen molar-refractivity contribution < 1.29 is 9.53 Å². The molecule has 10 nitrogen and oxygen atoms in total. The molecule has 8 unspecified atom stereocenters. The quantitative estimate of drug-likeness (QED) is 0.316. The number of piperazine rings is 1. The zero-order valence-electron chi connectivity index (χ0n) is 23.5. The van der Waals surface area contributed by atoms with Crippen molar-refractivity contribution in [1.29, 1.82) is 0 Å². The third-order valence-electron chi connectivity index (χ3n) is 11.1. The zero-order chi connectivity index (χ0) is 25.9. The summed E-state index contributed by atoms with van der Waals surface area (Å²) in [5.74, 6) is 1.52. The van der Waals surface area contributed by atoms with Crippen molar-refractivity contribution >= 4 is 5.91 Å². The predicted molar refractivity (Wildman–Crippen MR) is 146 cm³/mol. The third-order valence-corrected chi connectivity index (χ3v) is 11.1. The molecule has 0 aromatic carbocycles. The fourth-order valence-electron chi connectivity index (χ4n) is 8.74. The van der Waals surface area contributed by atoms with Gasteiger partial charge in [0.25, 0.3) is 0 Å². The summed E-state index contributed by atoms with van der Waals surface area (Å²) in [6.07, 6.45) is 12.7. The first-order valence-corrected chi connectivity index (χ1v) is 15.5. The fourth-order valence-corrected chi connectivity index (χ4v) is 8.74. The van der Waals surface area contributed by atoms with Crippen LogP contribution in [-0.4, -0.2) is 110 Å². The molecule has 0 aromatic heterocycles. The first kappa shape index (κ1) is 26.1. The first-order chi connectivity index (χ1) is 18.5. The van der Waals surface area contributed by atoms with E-state index in [9.17, 15) is 4.79 Å². The minimum atomic E-state index is -0.102. The maximum absolute atomic E-state index is 13.8. The molecule has 8 atom stereocenters. The van der Waals surface area contributed by atoms with Crippen molar-refractivity contribution in [1.82, 2.24) is 41.5 Å². The van der Waals surface area contributed by atoms with Crippen molar-refractivity contribution in [2.45, 2.75) is 107 Å². The molecular formula is C28H50N8O2. The van der Waals surface area contributed by atoms with Crippen LogP contribution in [0.5, 0.6) is 0 Å². The van der Waals surface area contributed by atoms with Gasteiger partial charge < -0.3 is 15.0 Å². The Kier molecular flexibility index (Phi) is 7.22. The van der Waals surface area contributed by atoms with Gasteiger partial charge in [-0.25, -0.2) is 10.9 Å². The number of carbonyl (C=O) groups is 1. The Bertz CT molecular complexity index is 854. The summed E-state index contributed by atoms with van der Waals surface area (Å²) in [4.78, 5) is 21.4. The molecular weight excluding hydrogens is 480 g/mol. The number of nitrogens with one attached hydrogen (secondary N) is 5. The molecule has 1 amide bonds. The molecule has 7 fully saturated rings. The van der Waals surface area contributed by atoms with Crippen LogP contribution in [0.3, 0.4) is 0 Å². The van der Waals surface area contributed by atoms with Crippen LogP contribution in [0.4, 0.5) is 0 Å². The van der Waals surface area contributed by atoms with Gasteiger partial charge in [0.1, 0.15) is 0 Å². The van der Waals surface area contributed by atoms with Crippen molar-refractivity contribution in [3.8, 4) is 0 Å². The van der Waals surface area contributed by atoms with Gasteiger partial charge in [-0.05, 0) is 77.3 Å². The van der Waals surface area contributed by atoms with Gasteiger partial charge in [-0.15, -0.1) is 0 Å². The average molecular weight is 531 g/mol. The summed E-state index contributed by atoms with van der Waals surface area (Å²) in [7, 11) is 4.44. The Morgan fingerprint density at radius 3 is 2.45 bits per heavy atom. The number of amides is 1. The highest BCUT2D eigenvalue weighted by molar-refractivity contribution is 5.82. The minimum absolute atomic E-state index is 0.102. The van der Waals surface area contributed by atoms with Crippen LogP contribution in [0.2, 0.25) is 0 Å². The number of ether oxygens (including phenoxy) is 1. The van der Waals surface area contributed by atoms with E-state index in [4.69, 9.17) is 4.74 Å². The zero-order valence-corrected chi connectivity index (χ0v) is 23.5. The molecule has 0 aromatic rings. The predicted octanol–water partition coefficient (Wildman–Crippen LogP) is 0.183. The summed E-state index contributed by atoms with van der Waals surface area (Å²) < 4.78 is 5.81. The van der Waals surface area contributed by atoms with Crippen molar-refractivity contribution in [2.75, 3.05) is 47.1 Å². The van der Waals surface area contributed by atoms with Gasteiger partial charge in [-0.1, -0.05) is 6.42 Å². The average Bonchev–Trinajstić information content (AvgIpc) is 3.60. The van der Waals surface area contributed by atoms with Gasteiger partial charge >= 0.3 is 0 Å². The number of likely N-dealkylation sites (tertiary alicyclic amines) is 1. The second-order valence-electron chi connectivity index (χ2n) is 13.9. The lowest BCUT2D eigenvalue weighted by atomic mass is 9.64. The van der Waals surface area contributed by atoms with Gasteiger partial charge in [0.15, 0.2) is 0 Å². The summed E-state index contributed by atoms with van der Waals surface area (Å²) >= 11 is 0. The molecule has 0 spiro atoms. The van der Waals surface area contributed by atoms with Gasteiger partial charge in [0.05, 0.1) is 44.4 Å². The summed E-state index contributed by atoms with van der Waals surface area (Å²) in [6, 6.07) is 1.43. The Hall–Kier alpha value is -0.850. The number of hydrogen-bond donors (Lipinski definition) is 5. The molecule has 2 bridgehead atoms. The van der Waals surface area contributed by atoms with E-state index in [0.29, 0.717) is 36.3 Å². The van der Waals surface area contributed by atoms with Crippen LogP contribution in [0.25, 0.3) is 0 Å². The Morgan fingerprint density at radius 2 is 1.79 bits per heavy atom. The van der Waals surface area contributed by atoms with E-state index in [1.807, 2.05) is 0 Å². The standard InChI is InChI=1S/C28H50N8O2/c1-34-13-21-8-9-22(14-34)36(21)24-11-23(31-26(32-24)18-6-7-18)27(37)30-20-5-3-4-19(10-20)28(15-38-16-28)12-25-33-29-17-35(25)2/h18-26,29,31-33H,3-17H2,1-2H3,(H,30,37). The highest BCUT2D eigenvalue weighted by Gasteiger charge is 2.50. The molecule has 5 N–H and O–H groups in total. The Balaban J connectivity index is 0.994. The van der Waals surface area contributed by atoms with E-state index in [-0.39, 0.29) is 29.6 Å². The van der Waals surface area contributed by atoms with E-state index < -0.39 is 0 Å². The van der Waals surface area contributed by atoms with Crippen LogP contribution in [0.15, 0.2) is 0 Å². The van der Waals surface area contributed by atoms with E-state index in [0.717, 1.165) is 58.7 Å². The number of nitrogens with zero attached hydrogens (tertiary/aromatic N) is 3. The number of likely N-dealkylation sites (N-methyl/N-ethyl adjacent to an activating group) is 1. The monoisotopic (exact) mass is 530 g/mol. The molecule has 10 heteroatoms. The van der Waals surface area contributed by atoms with E-state index in [1.54, 1.807) is 0 Å². The molecule has 2 saturated carbocycles. The third kappa shape index (κ3) is 5.04. The van der Waals surface area contributed by atoms with Gasteiger partial charge in [0.2, 0.25) is 5.91 Å². The summed E-state index contributed by atoms with van der Waals surface area (Å²) in [5, 5.41) is 11.3. The largest absolute Gasteiger partial charge is 0.380 e. The fraction of sp³-hybridized carbons (Fsp3) is 0.964. The molecule has 5 heterocycles. The van der Waals surface area contributed by atoms with Crippen LogP contribution in [0, 0.1) is 17.3 Å². The van der Waals surface area contributed by atoms with Gasteiger partial charge in [-0.3, -0.25) is 25.2 Å². The Morgan fingerprint density at radius 1 is 1.00 bits per heavy atom. The van der Waals surface area contributed by atoms with Crippen LogP contribution < -0.4 is 26.8 Å². The van der Waals surface area contributed by atoms with Gasteiger partial charge in [0, 0.05) is 43.1 Å². The lowest BCUT2D eigenvalue weighted by Gasteiger charge is -2.51. The second-order valence-corrected chi connectivity index (χ2v) is 13.9. The maximum atomic E-state index is 13.8. The number of hydrogen-bond acceptors (Lipinski definition) is 9. The lowest BCUT2D eigenvalue weighted by Crippen LogP contribution is -2.70. The second kappa shape index (κ2) is 10.5. The highest BCUT2D eigenvalue weighted by atomic mass is 16.5. The summed E-state index contributed by atoms with van der Waals surface area (Å²) in [5.41, 5.74) is 6.96. The minimum Gasteiger partial charge on any atom is -0.380 e. The van der Waals surface area contributed by atoms with E-state index in [1.165, 1.54) is 38.5 Å². The van der Waals surface area contributed by atoms with Gasteiger partial charge in [-0.2, -0.15) is 0 Å². The number of hydrazine groups is 1. The lowest BCUT2D eigenvalue weighted by molar-refractivity contribution is -0.166. The SMILES string of the molecule is CN1CC2CCC(C1)N2C1CC(C(=O)NC2CCCC(C3(CC4NNCN4C)COC3)C2)NC(C2CC2)N1. The van der Waals surface area contributed by atoms with Crippen molar-refractivity contribution in [3.63, 3.8) is 0 Å². The highest BCUT2D eigenvalue weighted by Crippen LogP contribution is 2.47. The first-order valence-electron chi connectivity index (χ1n) is 15.5. The van der Waals surface area contributed by atoms with Crippen LogP contribution in [0.1, 0.15) is 64.2 Å². The van der Waals surface area contributed by atoms with Crippen LogP contribution >= 0.6 is 0 Å².